The lowest BCUT2D eigenvalue weighted by molar-refractivity contribution is 0.448. The molecule has 0 aromatic heterocycles. The van der Waals surface area contributed by atoms with E-state index >= 15 is 0 Å². The van der Waals surface area contributed by atoms with E-state index in [1.165, 1.54) is 6.08 Å². The van der Waals surface area contributed by atoms with E-state index in [2.05, 4.69) is 0 Å². The molecule has 1 aromatic carbocycles. The topological polar surface area (TPSA) is 80.4 Å². The standard InChI is InChI=1S/C12H13NO3S/c13-12(17(14,15)16)8-6-11(7-9-12)10-4-2-1-3-5-10/h1-8H,9,13H2,(H,14,15,16). The minimum atomic E-state index is -4.28. The highest BCUT2D eigenvalue weighted by Gasteiger charge is 2.36. The zero-order chi connectivity index (χ0) is 12.5. The summed E-state index contributed by atoms with van der Waals surface area (Å²) < 4.78 is 31.2. The van der Waals surface area contributed by atoms with Gasteiger partial charge in [0.25, 0.3) is 10.1 Å². The summed E-state index contributed by atoms with van der Waals surface area (Å²) in [5.74, 6) is 0. The molecule has 1 aliphatic rings. The molecule has 3 N–H and O–H groups in total. The average Bonchev–Trinajstić information content (AvgIpc) is 2.30. The van der Waals surface area contributed by atoms with Gasteiger partial charge in [0, 0.05) is 6.42 Å². The van der Waals surface area contributed by atoms with Crippen molar-refractivity contribution in [3.05, 3.63) is 54.1 Å². The van der Waals surface area contributed by atoms with Crippen molar-refractivity contribution in [2.75, 3.05) is 0 Å². The summed E-state index contributed by atoms with van der Waals surface area (Å²) in [6.07, 6.45) is 4.72. The molecule has 0 spiro atoms. The second kappa shape index (κ2) is 4.10. The van der Waals surface area contributed by atoms with E-state index in [0.717, 1.165) is 11.1 Å². The Morgan fingerprint density at radius 3 is 2.35 bits per heavy atom. The third-order valence-electron chi connectivity index (χ3n) is 2.77. The van der Waals surface area contributed by atoms with E-state index in [4.69, 9.17) is 10.3 Å². The lowest BCUT2D eigenvalue weighted by Gasteiger charge is -2.24. The lowest BCUT2D eigenvalue weighted by Crippen LogP contribution is -2.46. The van der Waals surface area contributed by atoms with E-state index in [9.17, 15) is 8.42 Å². The summed E-state index contributed by atoms with van der Waals surface area (Å²) in [5, 5.41) is 0. The third-order valence-corrected chi connectivity index (χ3v) is 4.04. The Labute approximate surface area is 100 Å². The number of hydrogen-bond acceptors (Lipinski definition) is 3. The molecule has 1 atom stereocenters. The SMILES string of the molecule is NC1(S(=O)(=O)O)C=CC(c2ccccc2)=CC1. The molecule has 1 aromatic rings. The fraction of sp³-hybridized carbons (Fsp3) is 0.167. The van der Waals surface area contributed by atoms with Gasteiger partial charge in [-0.15, -0.1) is 0 Å². The van der Waals surface area contributed by atoms with Gasteiger partial charge in [-0.3, -0.25) is 4.55 Å². The van der Waals surface area contributed by atoms with Crippen LogP contribution in [0.1, 0.15) is 12.0 Å². The fourth-order valence-electron chi connectivity index (χ4n) is 1.67. The Morgan fingerprint density at radius 2 is 1.88 bits per heavy atom. The van der Waals surface area contributed by atoms with Crippen molar-refractivity contribution in [1.29, 1.82) is 0 Å². The molecule has 90 valence electrons. The molecule has 4 nitrogen and oxygen atoms in total. The molecule has 0 bridgehead atoms. The van der Waals surface area contributed by atoms with Crippen molar-refractivity contribution < 1.29 is 13.0 Å². The molecule has 5 heteroatoms. The van der Waals surface area contributed by atoms with Crippen molar-refractivity contribution in [2.24, 2.45) is 5.73 Å². The molecule has 0 amide bonds. The molecule has 1 unspecified atom stereocenters. The first-order chi connectivity index (χ1) is 7.92. The molecule has 1 aliphatic carbocycles. The Morgan fingerprint density at radius 1 is 1.24 bits per heavy atom. The Bertz CT molecular complexity index is 575. The van der Waals surface area contributed by atoms with Gasteiger partial charge < -0.3 is 5.73 Å². The molecule has 17 heavy (non-hydrogen) atoms. The molecule has 0 radical (unpaired) electrons. The normalized spacial score (nSPS) is 24.5. The van der Waals surface area contributed by atoms with Crippen molar-refractivity contribution in [3.8, 4) is 0 Å². The monoisotopic (exact) mass is 251 g/mol. The molecular weight excluding hydrogens is 238 g/mol. The van der Waals surface area contributed by atoms with Crippen LogP contribution in [0.4, 0.5) is 0 Å². The predicted octanol–water partition coefficient (Wildman–Crippen LogP) is 1.57. The molecule has 0 fully saturated rings. The van der Waals surface area contributed by atoms with Crippen LogP contribution in [0.3, 0.4) is 0 Å². The average molecular weight is 251 g/mol. The van der Waals surface area contributed by atoms with Crippen LogP contribution in [0.15, 0.2) is 48.6 Å². The highest BCUT2D eigenvalue weighted by Crippen LogP contribution is 2.28. The van der Waals surface area contributed by atoms with E-state index in [-0.39, 0.29) is 6.42 Å². The number of benzene rings is 1. The van der Waals surface area contributed by atoms with Gasteiger partial charge in [0.05, 0.1) is 0 Å². The number of nitrogens with two attached hydrogens (primary N) is 1. The minimum absolute atomic E-state index is 0.0621. The fourth-order valence-corrected chi connectivity index (χ4v) is 2.21. The predicted molar refractivity (Wildman–Crippen MR) is 66.6 cm³/mol. The van der Waals surface area contributed by atoms with E-state index in [1.807, 2.05) is 30.3 Å². The van der Waals surface area contributed by atoms with Crippen LogP contribution >= 0.6 is 0 Å². The van der Waals surface area contributed by atoms with Crippen LogP contribution in [0, 0.1) is 0 Å². The Kier molecular flexibility index (Phi) is 2.91. The zero-order valence-electron chi connectivity index (χ0n) is 9.08. The first-order valence-corrected chi connectivity index (χ1v) is 6.57. The van der Waals surface area contributed by atoms with Gasteiger partial charge in [0.2, 0.25) is 0 Å². The van der Waals surface area contributed by atoms with E-state index in [1.54, 1.807) is 12.2 Å². The number of rotatable bonds is 2. The molecule has 0 aliphatic heterocycles. The lowest BCUT2D eigenvalue weighted by atomic mass is 9.97. The molecule has 0 saturated carbocycles. The summed E-state index contributed by atoms with van der Waals surface area (Å²) in [4.78, 5) is -1.70. The van der Waals surface area contributed by atoms with E-state index in [0.29, 0.717) is 0 Å². The summed E-state index contributed by atoms with van der Waals surface area (Å²) in [7, 11) is -4.28. The molecule has 0 saturated heterocycles. The quantitative estimate of drug-likeness (QED) is 0.782. The summed E-state index contributed by atoms with van der Waals surface area (Å²) in [5.41, 5.74) is 7.49. The summed E-state index contributed by atoms with van der Waals surface area (Å²) in [6.45, 7) is 0. The summed E-state index contributed by atoms with van der Waals surface area (Å²) >= 11 is 0. The highest BCUT2D eigenvalue weighted by atomic mass is 32.2. The third kappa shape index (κ3) is 2.31. The van der Waals surface area contributed by atoms with Crippen molar-refractivity contribution >= 4 is 15.7 Å². The van der Waals surface area contributed by atoms with Crippen LogP contribution in [-0.4, -0.2) is 17.8 Å². The summed E-state index contributed by atoms with van der Waals surface area (Å²) in [6, 6.07) is 9.55. The number of allylic oxidation sites excluding steroid dienone is 2. The highest BCUT2D eigenvalue weighted by molar-refractivity contribution is 7.87. The molecule has 0 heterocycles. The van der Waals surface area contributed by atoms with Gasteiger partial charge in [-0.05, 0) is 17.2 Å². The van der Waals surface area contributed by atoms with Crippen LogP contribution in [-0.2, 0) is 10.1 Å². The smallest absolute Gasteiger partial charge is 0.287 e. The first-order valence-electron chi connectivity index (χ1n) is 5.13. The van der Waals surface area contributed by atoms with Gasteiger partial charge in [0.1, 0.15) is 0 Å². The maximum Gasteiger partial charge on any atom is 0.287 e. The van der Waals surface area contributed by atoms with Crippen molar-refractivity contribution in [3.63, 3.8) is 0 Å². The maximum absolute atomic E-state index is 11.1. The van der Waals surface area contributed by atoms with Gasteiger partial charge in [-0.2, -0.15) is 8.42 Å². The molecule has 2 rings (SSSR count). The Hall–Kier alpha value is -1.43. The van der Waals surface area contributed by atoms with Gasteiger partial charge >= 0.3 is 0 Å². The van der Waals surface area contributed by atoms with Gasteiger partial charge in [-0.1, -0.05) is 42.5 Å². The van der Waals surface area contributed by atoms with Crippen LogP contribution in [0.2, 0.25) is 0 Å². The van der Waals surface area contributed by atoms with Crippen molar-refractivity contribution in [2.45, 2.75) is 11.3 Å². The van der Waals surface area contributed by atoms with Gasteiger partial charge in [-0.25, -0.2) is 0 Å². The first kappa shape index (κ1) is 12.0. The number of hydrogen-bond donors (Lipinski definition) is 2. The second-order valence-corrected chi connectivity index (χ2v) is 5.70. The van der Waals surface area contributed by atoms with E-state index < -0.39 is 15.0 Å². The minimum Gasteiger partial charge on any atom is -0.307 e. The largest absolute Gasteiger partial charge is 0.307 e. The van der Waals surface area contributed by atoms with Gasteiger partial charge in [0.15, 0.2) is 4.87 Å². The zero-order valence-corrected chi connectivity index (χ0v) is 9.89. The second-order valence-electron chi connectivity index (χ2n) is 3.99. The van der Waals surface area contributed by atoms with Crippen LogP contribution in [0.25, 0.3) is 5.57 Å². The molecular formula is C12H13NO3S. The van der Waals surface area contributed by atoms with Crippen LogP contribution < -0.4 is 5.73 Å². The maximum atomic E-state index is 11.1. The van der Waals surface area contributed by atoms with Crippen molar-refractivity contribution in [1.82, 2.24) is 0 Å². The van der Waals surface area contributed by atoms with Crippen LogP contribution in [0.5, 0.6) is 0 Å². The Balaban J connectivity index is 2.29.